The Morgan fingerprint density at radius 1 is 1.33 bits per heavy atom. The first-order chi connectivity index (χ1) is 11.5. The molecule has 7 nitrogen and oxygen atoms in total. The number of tetrazole rings is 1. The third-order valence-electron chi connectivity index (χ3n) is 3.72. The van der Waals surface area contributed by atoms with Crippen LogP contribution in [-0.4, -0.2) is 57.4 Å². The average Bonchev–Trinajstić information content (AvgIpc) is 2.94. The number of benzene rings is 1. The van der Waals surface area contributed by atoms with Gasteiger partial charge in [-0.15, -0.1) is 5.10 Å². The number of hydrogen-bond acceptors (Lipinski definition) is 6. The molecule has 0 fully saturated rings. The van der Waals surface area contributed by atoms with Crippen molar-refractivity contribution in [3.05, 3.63) is 35.4 Å². The second-order valence-electron chi connectivity index (χ2n) is 5.88. The molecule has 0 aliphatic rings. The van der Waals surface area contributed by atoms with Crippen molar-refractivity contribution in [2.75, 3.05) is 26.4 Å². The molecule has 1 N–H and O–H groups in total. The third kappa shape index (κ3) is 5.31. The van der Waals surface area contributed by atoms with Crippen LogP contribution in [-0.2, 0) is 11.8 Å². The van der Waals surface area contributed by atoms with Gasteiger partial charge in [-0.3, -0.25) is 4.79 Å². The number of hydrogen-bond donors (Lipinski definition) is 1. The molecule has 0 bridgehead atoms. The van der Waals surface area contributed by atoms with Crippen LogP contribution in [0.15, 0.2) is 29.4 Å². The average molecular weight is 348 g/mol. The highest BCUT2D eigenvalue weighted by atomic mass is 32.2. The smallest absolute Gasteiger partial charge is 0.220 e. The predicted octanol–water partition coefficient (Wildman–Crippen LogP) is 1.42. The molecule has 1 aromatic carbocycles. The standard InChI is InChI=1S/C16H24N6OS/c1-12-5-7-13(8-6-12)14(21(2)3)11-17-15(23)9-10-24-16-18-19-20-22(16)4/h5-8,14H,9-11H2,1-4H3,(H,17,23). The fourth-order valence-corrected chi connectivity index (χ4v) is 3.05. The monoisotopic (exact) mass is 348 g/mol. The molecule has 24 heavy (non-hydrogen) atoms. The van der Waals surface area contributed by atoms with E-state index in [0.29, 0.717) is 23.9 Å². The zero-order valence-corrected chi connectivity index (χ0v) is 15.4. The lowest BCUT2D eigenvalue weighted by Crippen LogP contribution is -2.34. The molecule has 0 saturated heterocycles. The Bertz CT molecular complexity index is 655. The van der Waals surface area contributed by atoms with E-state index in [0.717, 1.165) is 0 Å². The molecule has 2 aromatic rings. The van der Waals surface area contributed by atoms with Crippen LogP contribution in [0.25, 0.3) is 0 Å². The number of aromatic nitrogens is 4. The third-order valence-corrected chi connectivity index (χ3v) is 4.73. The fourth-order valence-electron chi connectivity index (χ4n) is 2.26. The molecule has 0 aliphatic carbocycles. The maximum atomic E-state index is 12.1. The van der Waals surface area contributed by atoms with Crippen LogP contribution in [0.1, 0.15) is 23.6 Å². The van der Waals surface area contributed by atoms with Crippen LogP contribution in [0.3, 0.4) is 0 Å². The molecule has 1 unspecified atom stereocenters. The number of nitrogens with zero attached hydrogens (tertiary/aromatic N) is 5. The normalized spacial score (nSPS) is 12.4. The summed E-state index contributed by atoms with van der Waals surface area (Å²) in [6, 6.07) is 8.58. The largest absolute Gasteiger partial charge is 0.354 e. The van der Waals surface area contributed by atoms with Crippen molar-refractivity contribution in [2.45, 2.75) is 24.5 Å². The lowest BCUT2D eigenvalue weighted by Gasteiger charge is -2.25. The van der Waals surface area contributed by atoms with Gasteiger partial charge in [0.05, 0.1) is 6.04 Å². The molecule has 1 aromatic heterocycles. The summed E-state index contributed by atoms with van der Waals surface area (Å²) in [5.74, 6) is 0.689. The van der Waals surface area contributed by atoms with E-state index in [4.69, 9.17) is 0 Å². The van der Waals surface area contributed by atoms with Crippen molar-refractivity contribution in [3.8, 4) is 0 Å². The van der Waals surface area contributed by atoms with Gasteiger partial charge < -0.3 is 10.2 Å². The van der Waals surface area contributed by atoms with Crippen LogP contribution in [0.5, 0.6) is 0 Å². The van der Waals surface area contributed by atoms with Gasteiger partial charge in [-0.05, 0) is 37.0 Å². The molecule has 0 radical (unpaired) electrons. The second kappa shape index (κ2) is 8.79. The number of aryl methyl sites for hydroxylation is 2. The first-order valence-corrected chi connectivity index (χ1v) is 8.80. The second-order valence-corrected chi connectivity index (χ2v) is 6.94. The van der Waals surface area contributed by atoms with Crippen molar-refractivity contribution < 1.29 is 4.79 Å². The van der Waals surface area contributed by atoms with Gasteiger partial charge in [-0.2, -0.15) is 0 Å². The Labute approximate surface area is 146 Å². The van der Waals surface area contributed by atoms with Crippen molar-refractivity contribution in [3.63, 3.8) is 0 Å². The van der Waals surface area contributed by atoms with Gasteiger partial charge in [0.1, 0.15) is 0 Å². The van der Waals surface area contributed by atoms with Crippen molar-refractivity contribution in [2.24, 2.45) is 7.05 Å². The summed E-state index contributed by atoms with van der Waals surface area (Å²) in [5, 5.41) is 15.0. The highest BCUT2D eigenvalue weighted by Gasteiger charge is 2.15. The van der Waals surface area contributed by atoms with Gasteiger partial charge in [-0.25, -0.2) is 4.68 Å². The van der Waals surface area contributed by atoms with Crippen LogP contribution in [0.4, 0.5) is 0 Å². The van der Waals surface area contributed by atoms with Gasteiger partial charge >= 0.3 is 0 Å². The van der Waals surface area contributed by atoms with Crippen LogP contribution in [0, 0.1) is 6.92 Å². The first-order valence-electron chi connectivity index (χ1n) is 7.82. The van der Waals surface area contributed by atoms with E-state index in [-0.39, 0.29) is 11.9 Å². The minimum atomic E-state index is 0.0385. The van der Waals surface area contributed by atoms with Crippen LogP contribution < -0.4 is 5.32 Å². The summed E-state index contributed by atoms with van der Waals surface area (Å²) in [6.45, 7) is 2.66. The number of carbonyl (C=O) groups excluding carboxylic acids is 1. The molecular weight excluding hydrogens is 324 g/mol. The molecule has 130 valence electrons. The molecule has 1 heterocycles. The van der Waals surface area contributed by atoms with Gasteiger partial charge in [0.15, 0.2) is 0 Å². The summed E-state index contributed by atoms with van der Waals surface area (Å²) in [5.41, 5.74) is 2.43. The highest BCUT2D eigenvalue weighted by molar-refractivity contribution is 7.99. The fraction of sp³-hybridized carbons (Fsp3) is 0.500. The van der Waals surface area contributed by atoms with Crippen molar-refractivity contribution in [1.29, 1.82) is 0 Å². The Morgan fingerprint density at radius 2 is 2.04 bits per heavy atom. The lowest BCUT2D eigenvalue weighted by atomic mass is 10.0. The van der Waals surface area contributed by atoms with E-state index in [9.17, 15) is 4.79 Å². The molecule has 0 spiro atoms. The molecular formula is C16H24N6OS. The highest BCUT2D eigenvalue weighted by Crippen LogP contribution is 2.18. The van der Waals surface area contributed by atoms with Gasteiger partial charge in [0.2, 0.25) is 11.1 Å². The predicted molar refractivity (Wildman–Crippen MR) is 94.8 cm³/mol. The Balaban J connectivity index is 1.80. The number of carbonyl (C=O) groups is 1. The minimum Gasteiger partial charge on any atom is -0.354 e. The summed E-state index contributed by atoms with van der Waals surface area (Å²) in [4.78, 5) is 14.2. The molecule has 8 heteroatoms. The summed E-state index contributed by atoms with van der Waals surface area (Å²) < 4.78 is 1.60. The first kappa shape index (κ1) is 18.4. The number of likely N-dealkylation sites (N-methyl/N-ethyl adjacent to an activating group) is 1. The number of amides is 1. The van der Waals surface area contributed by atoms with Gasteiger partial charge in [0, 0.05) is 25.8 Å². The maximum Gasteiger partial charge on any atom is 0.220 e. The summed E-state index contributed by atoms with van der Waals surface area (Å²) in [7, 11) is 5.83. The molecule has 0 saturated carbocycles. The number of thioether (sulfide) groups is 1. The zero-order valence-electron chi connectivity index (χ0n) is 14.6. The molecule has 2 rings (SSSR count). The van der Waals surface area contributed by atoms with E-state index in [1.165, 1.54) is 22.9 Å². The van der Waals surface area contributed by atoms with Crippen LogP contribution >= 0.6 is 11.8 Å². The number of nitrogens with one attached hydrogen (secondary N) is 1. The molecule has 1 amide bonds. The Hall–Kier alpha value is -1.93. The Morgan fingerprint density at radius 3 is 2.62 bits per heavy atom. The molecule has 1 atom stereocenters. The quantitative estimate of drug-likeness (QED) is 0.727. The Kier molecular flexibility index (Phi) is 6.74. The van der Waals surface area contributed by atoms with E-state index in [1.807, 2.05) is 14.1 Å². The lowest BCUT2D eigenvalue weighted by molar-refractivity contribution is -0.120. The van der Waals surface area contributed by atoms with E-state index in [2.05, 4.69) is 56.9 Å². The van der Waals surface area contributed by atoms with Gasteiger partial charge in [-0.1, -0.05) is 41.6 Å². The van der Waals surface area contributed by atoms with E-state index in [1.54, 1.807) is 11.7 Å². The molecule has 0 aliphatic heterocycles. The minimum absolute atomic E-state index is 0.0385. The summed E-state index contributed by atoms with van der Waals surface area (Å²) >= 11 is 1.48. The van der Waals surface area contributed by atoms with Crippen molar-refractivity contribution in [1.82, 2.24) is 30.4 Å². The van der Waals surface area contributed by atoms with E-state index < -0.39 is 0 Å². The SMILES string of the molecule is Cc1ccc(C(CNC(=O)CCSc2nnnn2C)N(C)C)cc1. The van der Waals surface area contributed by atoms with Gasteiger partial charge in [0.25, 0.3) is 0 Å². The topological polar surface area (TPSA) is 75.9 Å². The summed E-state index contributed by atoms with van der Waals surface area (Å²) in [6.07, 6.45) is 0.436. The van der Waals surface area contributed by atoms with Crippen LogP contribution in [0.2, 0.25) is 0 Å². The zero-order chi connectivity index (χ0) is 17.5. The van der Waals surface area contributed by atoms with Crippen molar-refractivity contribution >= 4 is 17.7 Å². The number of rotatable bonds is 8. The maximum absolute atomic E-state index is 12.1. The van der Waals surface area contributed by atoms with E-state index >= 15 is 0 Å².